The number of carbonyl (C=O) groups is 2. The Labute approximate surface area is 194 Å². The molecule has 9 nitrogen and oxygen atoms in total. The highest BCUT2D eigenvalue weighted by Gasteiger charge is 2.22. The summed E-state index contributed by atoms with van der Waals surface area (Å²) in [6, 6.07) is 14.9. The summed E-state index contributed by atoms with van der Waals surface area (Å²) in [5.74, 6) is -0.183. The highest BCUT2D eigenvalue weighted by atomic mass is 32.2. The average molecular weight is 476 g/mol. The minimum Gasteiger partial charge on any atom is -0.497 e. The normalized spacial score (nSPS) is 15.7. The van der Waals surface area contributed by atoms with Crippen LogP contribution in [0.3, 0.4) is 0 Å². The van der Waals surface area contributed by atoms with Crippen molar-refractivity contribution in [3.05, 3.63) is 60.2 Å². The van der Waals surface area contributed by atoms with E-state index < -0.39 is 22.5 Å². The second-order valence-electron chi connectivity index (χ2n) is 7.67. The van der Waals surface area contributed by atoms with Crippen LogP contribution in [-0.2, 0) is 30.9 Å². The first-order chi connectivity index (χ1) is 15.9. The molecule has 0 spiro atoms. The Morgan fingerprint density at radius 1 is 1.12 bits per heavy atom. The summed E-state index contributed by atoms with van der Waals surface area (Å²) in [6.45, 7) is 0.536. The number of hydrogen-bond acceptors (Lipinski definition) is 6. The van der Waals surface area contributed by atoms with Gasteiger partial charge in [0.2, 0.25) is 21.8 Å². The molecule has 0 aromatic heterocycles. The van der Waals surface area contributed by atoms with Gasteiger partial charge in [-0.05, 0) is 42.7 Å². The maximum atomic E-state index is 12.9. The third kappa shape index (κ3) is 7.55. The lowest BCUT2D eigenvalue weighted by molar-refractivity contribution is -0.135. The zero-order chi connectivity index (χ0) is 23.7. The fourth-order valence-electron chi connectivity index (χ4n) is 3.40. The van der Waals surface area contributed by atoms with Gasteiger partial charge in [0, 0.05) is 19.7 Å². The van der Waals surface area contributed by atoms with Crippen LogP contribution in [0, 0.1) is 0 Å². The van der Waals surface area contributed by atoms with Crippen LogP contribution in [0.5, 0.6) is 5.75 Å². The van der Waals surface area contributed by atoms with Gasteiger partial charge in [0.05, 0.1) is 31.2 Å². The van der Waals surface area contributed by atoms with E-state index in [2.05, 4.69) is 10.0 Å². The molecule has 0 unspecified atom stereocenters. The number of methoxy groups -OCH3 is 1. The van der Waals surface area contributed by atoms with Crippen molar-refractivity contribution in [2.45, 2.75) is 30.4 Å². The smallest absolute Gasteiger partial charge is 0.241 e. The summed E-state index contributed by atoms with van der Waals surface area (Å²) in [5, 5.41) is 2.80. The van der Waals surface area contributed by atoms with Gasteiger partial charge in [0.1, 0.15) is 5.75 Å². The lowest BCUT2D eigenvalue weighted by atomic mass is 10.2. The Morgan fingerprint density at radius 3 is 2.48 bits per heavy atom. The zero-order valence-corrected chi connectivity index (χ0v) is 19.3. The van der Waals surface area contributed by atoms with Gasteiger partial charge >= 0.3 is 0 Å². The topological polar surface area (TPSA) is 114 Å². The van der Waals surface area contributed by atoms with Gasteiger partial charge < -0.3 is 19.7 Å². The summed E-state index contributed by atoms with van der Waals surface area (Å²) >= 11 is 0. The van der Waals surface area contributed by atoms with E-state index in [-0.39, 0.29) is 30.0 Å². The van der Waals surface area contributed by atoms with Crippen LogP contribution in [0.15, 0.2) is 59.5 Å². The van der Waals surface area contributed by atoms with E-state index in [1.807, 2.05) is 0 Å². The molecule has 0 bridgehead atoms. The Balaban J connectivity index is 1.64. The first kappa shape index (κ1) is 24.7. The molecular formula is C23H29N3O6S. The van der Waals surface area contributed by atoms with Gasteiger partial charge in [0.25, 0.3) is 0 Å². The molecule has 3 rings (SSSR count). The Bertz CT molecular complexity index is 1020. The molecule has 0 saturated carbocycles. The summed E-state index contributed by atoms with van der Waals surface area (Å²) in [7, 11) is -2.29. The van der Waals surface area contributed by atoms with Crippen molar-refractivity contribution in [2.24, 2.45) is 0 Å². The van der Waals surface area contributed by atoms with Gasteiger partial charge in [-0.3, -0.25) is 9.59 Å². The molecule has 33 heavy (non-hydrogen) atoms. The second kappa shape index (κ2) is 11.8. The number of hydrogen-bond donors (Lipinski definition) is 2. The molecule has 1 atom stereocenters. The number of carbonyl (C=O) groups excluding carboxylic acids is 2. The zero-order valence-electron chi connectivity index (χ0n) is 18.5. The largest absolute Gasteiger partial charge is 0.497 e. The van der Waals surface area contributed by atoms with E-state index in [0.29, 0.717) is 18.9 Å². The second-order valence-corrected chi connectivity index (χ2v) is 9.44. The molecular weight excluding hydrogens is 446 g/mol. The van der Waals surface area contributed by atoms with Gasteiger partial charge in [-0.25, -0.2) is 13.1 Å². The van der Waals surface area contributed by atoms with E-state index in [9.17, 15) is 18.0 Å². The molecule has 1 heterocycles. The third-order valence-electron chi connectivity index (χ3n) is 5.24. The first-order valence-corrected chi connectivity index (χ1v) is 12.2. The highest BCUT2D eigenvalue weighted by Crippen LogP contribution is 2.14. The summed E-state index contributed by atoms with van der Waals surface area (Å²) in [4.78, 5) is 26.8. The minimum atomic E-state index is -3.85. The molecule has 1 fully saturated rings. The van der Waals surface area contributed by atoms with E-state index in [1.54, 1.807) is 49.6 Å². The molecule has 1 aliphatic rings. The maximum Gasteiger partial charge on any atom is 0.241 e. The van der Waals surface area contributed by atoms with Crippen LogP contribution < -0.4 is 14.8 Å². The number of sulfonamides is 1. The van der Waals surface area contributed by atoms with Crippen LogP contribution in [0.1, 0.15) is 18.4 Å². The Hall–Kier alpha value is -2.95. The quantitative estimate of drug-likeness (QED) is 0.506. The van der Waals surface area contributed by atoms with Crippen molar-refractivity contribution in [1.82, 2.24) is 14.9 Å². The van der Waals surface area contributed by atoms with Crippen molar-refractivity contribution in [2.75, 3.05) is 33.4 Å². The van der Waals surface area contributed by atoms with Crippen molar-refractivity contribution >= 4 is 21.8 Å². The number of rotatable bonds is 11. The van der Waals surface area contributed by atoms with Gasteiger partial charge in [-0.2, -0.15) is 0 Å². The number of ether oxygens (including phenoxy) is 2. The Morgan fingerprint density at radius 2 is 1.85 bits per heavy atom. The van der Waals surface area contributed by atoms with Gasteiger partial charge in [0.15, 0.2) is 0 Å². The average Bonchev–Trinajstić information content (AvgIpc) is 3.36. The molecule has 2 aromatic carbocycles. The van der Waals surface area contributed by atoms with Crippen LogP contribution >= 0.6 is 0 Å². The van der Waals surface area contributed by atoms with Crippen LogP contribution in [-0.4, -0.2) is 64.6 Å². The van der Waals surface area contributed by atoms with Gasteiger partial charge in [-0.15, -0.1) is 0 Å². The monoisotopic (exact) mass is 475 g/mol. The molecule has 1 aliphatic heterocycles. The van der Waals surface area contributed by atoms with E-state index in [4.69, 9.17) is 9.47 Å². The standard InChI is InChI=1S/C23H29N3O6S/c1-31-19-11-9-18(10-12-19)16-26(17-22(27)24-14-20-6-5-13-32-20)23(28)15-25-33(29,30)21-7-3-2-4-8-21/h2-4,7-12,20,25H,5-6,13-17H2,1H3,(H,24,27)/t20-/m1/s1. The lowest BCUT2D eigenvalue weighted by Gasteiger charge is -2.23. The molecule has 0 radical (unpaired) electrons. The summed E-state index contributed by atoms with van der Waals surface area (Å²) < 4.78 is 37.9. The molecule has 2 N–H and O–H groups in total. The van der Waals surface area contributed by atoms with Crippen LogP contribution in [0.25, 0.3) is 0 Å². The van der Waals surface area contributed by atoms with Gasteiger partial charge in [-0.1, -0.05) is 30.3 Å². The third-order valence-corrected chi connectivity index (χ3v) is 6.65. The van der Waals surface area contributed by atoms with E-state index in [1.165, 1.54) is 17.0 Å². The van der Waals surface area contributed by atoms with Crippen molar-refractivity contribution in [1.29, 1.82) is 0 Å². The summed E-state index contributed by atoms with van der Waals surface area (Å²) in [6.07, 6.45) is 1.83. The van der Waals surface area contributed by atoms with Crippen molar-refractivity contribution in [3.63, 3.8) is 0 Å². The Kier molecular flexibility index (Phi) is 8.81. The molecule has 0 aliphatic carbocycles. The molecule has 2 amide bonds. The lowest BCUT2D eigenvalue weighted by Crippen LogP contribution is -2.45. The van der Waals surface area contributed by atoms with E-state index in [0.717, 1.165) is 18.4 Å². The van der Waals surface area contributed by atoms with Crippen molar-refractivity contribution < 1.29 is 27.5 Å². The number of benzene rings is 2. The highest BCUT2D eigenvalue weighted by molar-refractivity contribution is 7.89. The molecule has 2 aromatic rings. The predicted octanol–water partition coefficient (Wildman–Crippen LogP) is 1.30. The summed E-state index contributed by atoms with van der Waals surface area (Å²) in [5.41, 5.74) is 0.780. The number of nitrogens with one attached hydrogen (secondary N) is 2. The number of nitrogens with zero attached hydrogens (tertiary/aromatic N) is 1. The van der Waals surface area contributed by atoms with Crippen LogP contribution in [0.2, 0.25) is 0 Å². The predicted molar refractivity (Wildman–Crippen MR) is 122 cm³/mol. The first-order valence-electron chi connectivity index (χ1n) is 10.7. The fraction of sp³-hybridized carbons (Fsp3) is 0.391. The minimum absolute atomic E-state index is 0.0163. The maximum absolute atomic E-state index is 12.9. The van der Waals surface area contributed by atoms with Crippen molar-refractivity contribution in [3.8, 4) is 5.75 Å². The fourth-order valence-corrected chi connectivity index (χ4v) is 4.39. The number of amides is 2. The van der Waals surface area contributed by atoms with Crippen LogP contribution in [0.4, 0.5) is 0 Å². The molecule has 1 saturated heterocycles. The SMILES string of the molecule is COc1ccc(CN(CC(=O)NC[C@H]2CCCO2)C(=O)CNS(=O)(=O)c2ccccc2)cc1. The molecule has 10 heteroatoms. The molecule has 178 valence electrons. The van der Waals surface area contributed by atoms with E-state index >= 15 is 0 Å².